The van der Waals surface area contributed by atoms with Crippen LogP contribution < -0.4 is 5.73 Å². The maximum Gasteiger partial charge on any atom is 0.416 e. The highest BCUT2D eigenvalue weighted by Crippen LogP contribution is 2.31. The Kier molecular flexibility index (Phi) is 4.46. The molecule has 1 rings (SSSR count). The normalized spacial score (nSPS) is 10.2. The number of rotatable bonds is 2. The first-order valence-corrected chi connectivity index (χ1v) is 4.91. The van der Waals surface area contributed by atoms with Crippen LogP contribution in [0.2, 0.25) is 0 Å². The van der Waals surface area contributed by atoms with Gasteiger partial charge in [-0.1, -0.05) is 17.0 Å². The lowest BCUT2D eigenvalue weighted by Crippen LogP contribution is -2.06. The first kappa shape index (κ1) is 13.7. The van der Waals surface area contributed by atoms with Gasteiger partial charge in [0.15, 0.2) is 0 Å². The van der Waals surface area contributed by atoms with Crippen LogP contribution in [0.15, 0.2) is 23.3 Å². The van der Waals surface area contributed by atoms with Gasteiger partial charge in [-0.15, -0.1) is 0 Å². The van der Waals surface area contributed by atoms with E-state index in [0.717, 1.165) is 12.1 Å². The fourth-order valence-corrected chi connectivity index (χ4v) is 1.20. The molecule has 0 aliphatic heterocycles. The van der Waals surface area contributed by atoms with Crippen molar-refractivity contribution in [2.75, 3.05) is 12.3 Å². The van der Waals surface area contributed by atoms with E-state index < -0.39 is 11.7 Å². The van der Waals surface area contributed by atoms with Crippen LogP contribution >= 0.6 is 0 Å². The number of anilines is 1. The monoisotopic (exact) mass is 254 g/mol. The molecule has 1 aromatic carbocycles. The maximum atomic E-state index is 12.5. The molecule has 0 atom stereocenters. The van der Waals surface area contributed by atoms with Crippen LogP contribution in [0, 0.1) is 11.8 Å². The maximum absolute atomic E-state index is 12.5. The van der Waals surface area contributed by atoms with Crippen LogP contribution in [0.5, 0.6) is 0 Å². The minimum Gasteiger partial charge on any atom is -0.399 e. The SMILES string of the molecule is [N-]=[N+]=NCCC#Cc1cc(N)cc(C(F)(F)F)c1. The van der Waals surface area contributed by atoms with Gasteiger partial charge >= 0.3 is 6.18 Å². The van der Waals surface area contributed by atoms with E-state index in [9.17, 15) is 13.2 Å². The zero-order valence-corrected chi connectivity index (χ0v) is 9.20. The van der Waals surface area contributed by atoms with E-state index in [-0.39, 0.29) is 24.2 Å². The van der Waals surface area contributed by atoms with Crippen molar-refractivity contribution in [1.82, 2.24) is 0 Å². The molecule has 0 saturated carbocycles. The van der Waals surface area contributed by atoms with E-state index in [4.69, 9.17) is 11.3 Å². The number of benzene rings is 1. The van der Waals surface area contributed by atoms with Gasteiger partial charge < -0.3 is 5.73 Å². The molecule has 0 saturated heterocycles. The highest BCUT2D eigenvalue weighted by Gasteiger charge is 2.30. The second kappa shape index (κ2) is 5.84. The largest absolute Gasteiger partial charge is 0.416 e. The predicted octanol–water partition coefficient (Wildman–Crippen LogP) is 3.34. The number of nitrogens with two attached hydrogens (primary N) is 1. The van der Waals surface area contributed by atoms with E-state index in [1.54, 1.807) is 0 Å². The van der Waals surface area contributed by atoms with E-state index in [1.165, 1.54) is 6.07 Å². The van der Waals surface area contributed by atoms with Gasteiger partial charge in [0.25, 0.3) is 0 Å². The molecule has 1 aromatic rings. The summed E-state index contributed by atoms with van der Waals surface area (Å²) in [6.45, 7) is 0.179. The molecule has 18 heavy (non-hydrogen) atoms. The van der Waals surface area contributed by atoms with Crippen LogP contribution in [0.4, 0.5) is 18.9 Å². The second-order valence-electron chi connectivity index (χ2n) is 3.35. The van der Waals surface area contributed by atoms with Gasteiger partial charge in [0, 0.05) is 29.1 Å². The molecular weight excluding hydrogens is 245 g/mol. The average molecular weight is 254 g/mol. The molecular formula is C11H9F3N4. The minimum atomic E-state index is -4.45. The standard InChI is InChI=1S/C11H9F3N4/c12-11(13,14)9-5-8(6-10(15)7-9)3-1-2-4-17-18-16/h5-7H,2,4,15H2. The molecule has 4 nitrogen and oxygen atoms in total. The highest BCUT2D eigenvalue weighted by atomic mass is 19.4. The van der Waals surface area contributed by atoms with Crippen LogP contribution in [0.3, 0.4) is 0 Å². The van der Waals surface area contributed by atoms with Gasteiger partial charge in [-0.2, -0.15) is 13.2 Å². The zero-order chi connectivity index (χ0) is 13.6. The number of azide groups is 1. The van der Waals surface area contributed by atoms with Gasteiger partial charge in [-0.3, -0.25) is 0 Å². The topological polar surface area (TPSA) is 74.8 Å². The molecule has 0 unspecified atom stereocenters. The van der Waals surface area contributed by atoms with E-state index in [0.29, 0.717) is 0 Å². The van der Waals surface area contributed by atoms with Crippen molar-refractivity contribution in [3.8, 4) is 11.8 Å². The number of hydrogen-bond donors (Lipinski definition) is 1. The Morgan fingerprint density at radius 3 is 2.67 bits per heavy atom. The number of nitrogen functional groups attached to an aromatic ring is 1. The van der Waals surface area contributed by atoms with Gasteiger partial charge in [-0.25, -0.2) is 0 Å². The van der Waals surface area contributed by atoms with E-state index >= 15 is 0 Å². The molecule has 0 aromatic heterocycles. The summed E-state index contributed by atoms with van der Waals surface area (Å²) in [7, 11) is 0. The molecule has 0 radical (unpaired) electrons. The number of alkyl halides is 3. The van der Waals surface area contributed by atoms with Crippen LogP contribution in [-0.2, 0) is 6.18 Å². The summed E-state index contributed by atoms with van der Waals surface area (Å²) in [5.41, 5.74) is 12.7. The Bertz CT molecular complexity index is 533. The van der Waals surface area contributed by atoms with Crippen molar-refractivity contribution in [3.05, 3.63) is 39.8 Å². The van der Waals surface area contributed by atoms with Crippen LogP contribution in [0.1, 0.15) is 17.5 Å². The Morgan fingerprint density at radius 2 is 2.06 bits per heavy atom. The highest BCUT2D eigenvalue weighted by molar-refractivity contribution is 5.51. The number of hydrogen-bond acceptors (Lipinski definition) is 2. The Balaban J connectivity index is 2.90. The Labute approximate surface area is 101 Å². The summed E-state index contributed by atoms with van der Waals surface area (Å²) in [5, 5.41) is 3.25. The average Bonchev–Trinajstić information content (AvgIpc) is 2.27. The zero-order valence-electron chi connectivity index (χ0n) is 9.20. The fraction of sp³-hybridized carbons (Fsp3) is 0.273. The smallest absolute Gasteiger partial charge is 0.399 e. The van der Waals surface area contributed by atoms with Gasteiger partial charge in [0.05, 0.1) is 5.56 Å². The van der Waals surface area contributed by atoms with Gasteiger partial charge in [0.2, 0.25) is 0 Å². The molecule has 0 aliphatic rings. The summed E-state index contributed by atoms with van der Waals surface area (Å²) >= 11 is 0. The summed E-state index contributed by atoms with van der Waals surface area (Å²) in [6, 6.07) is 3.14. The van der Waals surface area contributed by atoms with Crippen LogP contribution in [-0.4, -0.2) is 6.54 Å². The third kappa shape index (κ3) is 4.28. The van der Waals surface area contributed by atoms with Crippen molar-refractivity contribution in [2.24, 2.45) is 5.11 Å². The fourth-order valence-electron chi connectivity index (χ4n) is 1.20. The first-order chi connectivity index (χ1) is 8.43. The van der Waals surface area contributed by atoms with Crippen LogP contribution in [0.25, 0.3) is 10.4 Å². The molecule has 2 N–H and O–H groups in total. The Hall–Kier alpha value is -2.32. The molecule has 0 aliphatic carbocycles. The van der Waals surface area contributed by atoms with Crippen molar-refractivity contribution in [1.29, 1.82) is 0 Å². The third-order valence-corrected chi connectivity index (χ3v) is 1.92. The molecule has 94 valence electrons. The first-order valence-electron chi connectivity index (χ1n) is 4.91. The van der Waals surface area contributed by atoms with Crippen molar-refractivity contribution >= 4 is 5.69 Å². The predicted molar refractivity (Wildman–Crippen MR) is 61.4 cm³/mol. The number of nitrogens with zero attached hydrogens (tertiary/aromatic N) is 3. The third-order valence-electron chi connectivity index (χ3n) is 1.92. The molecule has 0 amide bonds. The van der Waals surface area contributed by atoms with Gasteiger partial charge in [-0.05, 0) is 23.7 Å². The lowest BCUT2D eigenvalue weighted by molar-refractivity contribution is -0.137. The van der Waals surface area contributed by atoms with Crippen molar-refractivity contribution in [2.45, 2.75) is 12.6 Å². The lowest BCUT2D eigenvalue weighted by Gasteiger charge is -2.07. The van der Waals surface area contributed by atoms with Gasteiger partial charge in [0.1, 0.15) is 0 Å². The van der Waals surface area contributed by atoms with E-state index in [1.807, 2.05) is 0 Å². The molecule has 7 heteroatoms. The van der Waals surface area contributed by atoms with Crippen molar-refractivity contribution in [3.63, 3.8) is 0 Å². The molecule has 0 bridgehead atoms. The second-order valence-corrected chi connectivity index (χ2v) is 3.35. The quantitative estimate of drug-likeness (QED) is 0.215. The summed E-state index contributed by atoms with van der Waals surface area (Å²) < 4.78 is 37.4. The summed E-state index contributed by atoms with van der Waals surface area (Å²) in [5.74, 6) is 5.15. The minimum absolute atomic E-state index is 0.00386. The summed E-state index contributed by atoms with van der Waals surface area (Å²) in [6.07, 6.45) is -4.17. The molecule has 0 fully saturated rings. The molecule has 0 heterocycles. The Morgan fingerprint density at radius 1 is 1.33 bits per heavy atom. The van der Waals surface area contributed by atoms with E-state index in [2.05, 4.69) is 21.9 Å². The summed E-state index contributed by atoms with van der Waals surface area (Å²) in [4.78, 5) is 2.53. The lowest BCUT2D eigenvalue weighted by atomic mass is 10.1. The number of halogens is 3. The molecule has 0 spiro atoms. The van der Waals surface area contributed by atoms with Crippen molar-refractivity contribution < 1.29 is 13.2 Å².